The van der Waals surface area contributed by atoms with Gasteiger partial charge in [0.1, 0.15) is 0 Å². The molecule has 1 aliphatic carbocycles. The van der Waals surface area contributed by atoms with E-state index in [1.807, 2.05) is 30.9 Å². The van der Waals surface area contributed by atoms with Crippen LogP contribution >= 0.6 is 11.9 Å². The number of rotatable bonds is 9. The van der Waals surface area contributed by atoms with Gasteiger partial charge < -0.3 is 10.7 Å². The smallest absolute Gasteiger partial charge is 0.0741 e. The van der Waals surface area contributed by atoms with Gasteiger partial charge in [-0.05, 0) is 56.1 Å². The highest BCUT2D eigenvalue weighted by molar-refractivity contribution is 7.96. The van der Waals surface area contributed by atoms with Gasteiger partial charge in [-0.3, -0.25) is 4.72 Å². The van der Waals surface area contributed by atoms with Crippen LogP contribution in [0, 0.1) is 5.41 Å². The quantitative estimate of drug-likeness (QED) is 0.336. The summed E-state index contributed by atoms with van der Waals surface area (Å²) in [7, 11) is 1.94. The Hall–Kier alpha value is -2.57. The van der Waals surface area contributed by atoms with Crippen LogP contribution in [-0.4, -0.2) is 28.6 Å². The SMILES string of the molecule is CCC(=N)c1ccc(-c2ccnn2-c2ccc(CSNC)cc2)cc1NC1CC1. The highest BCUT2D eigenvalue weighted by Gasteiger charge is 2.23. The molecule has 0 amide bonds. The van der Waals surface area contributed by atoms with Crippen LogP contribution in [0.1, 0.15) is 37.3 Å². The van der Waals surface area contributed by atoms with Crippen molar-refractivity contribution >= 4 is 23.3 Å². The standard InChI is InChI=1S/C23H27N5S/c1-3-21(24)20-11-6-17(14-22(20)27-18-7-8-18)23-12-13-26-28(23)19-9-4-16(5-10-19)15-29-25-2/h4-6,9-14,18,24-25,27H,3,7-8,15H2,1-2H3. The van der Waals surface area contributed by atoms with Gasteiger partial charge in [0.25, 0.3) is 0 Å². The first-order valence-corrected chi connectivity index (χ1v) is 11.1. The minimum atomic E-state index is 0.543. The second kappa shape index (κ2) is 8.84. The van der Waals surface area contributed by atoms with Crippen LogP contribution in [0.3, 0.4) is 0 Å². The van der Waals surface area contributed by atoms with Gasteiger partial charge in [0.15, 0.2) is 0 Å². The molecule has 0 radical (unpaired) electrons. The van der Waals surface area contributed by atoms with Gasteiger partial charge in [0.2, 0.25) is 0 Å². The zero-order chi connectivity index (χ0) is 20.2. The molecule has 0 unspecified atom stereocenters. The number of benzene rings is 2. The van der Waals surface area contributed by atoms with E-state index in [0.717, 1.165) is 40.4 Å². The average Bonchev–Trinajstić information content (AvgIpc) is 3.43. The maximum absolute atomic E-state index is 8.31. The molecule has 2 aromatic carbocycles. The largest absolute Gasteiger partial charge is 0.382 e. The summed E-state index contributed by atoms with van der Waals surface area (Å²) >= 11 is 1.68. The van der Waals surface area contributed by atoms with Crippen molar-refractivity contribution in [3.63, 3.8) is 0 Å². The van der Waals surface area contributed by atoms with E-state index in [9.17, 15) is 0 Å². The van der Waals surface area contributed by atoms with Crippen molar-refractivity contribution in [3.8, 4) is 16.9 Å². The van der Waals surface area contributed by atoms with Crippen LogP contribution in [0.4, 0.5) is 5.69 Å². The predicted molar refractivity (Wildman–Crippen MR) is 123 cm³/mol. The van der Waals surface area contributed by atoms with Gasteiger partial charge in [0.05, 0.1) is 17.6 Å². The number of hydrogen-bond donors (Lipinski definition) is 3. The Balaban J connectivity index is 1.66. The lowest BCUT2D eigenvalue weighted by molar-refractivity contribution is 0.887. The molecule has 0 spiro atoms. The minimum Gasteiger partial charge on any atom is -0.382 e. The van der Waals surface area contributed by atoms with Crippen LogP contribution in [0.15, 0.2) is 54.7 Å². The highest BCUT2D eigenvalue weighted by atomic mass is 32.2. The molecule has 0 saturated heterocycles. The predicted octanol–water partition coefficient (Wildman–Crippen LogP) is 5.26. The summed E-state index contributed by atoms with van der Waals surface area (Å²) in [5.74, 6) is 0.934. The molecular weight excluding hydrogens is 378 g/mol. The molecular formula is C23H27N5S. The fourth-order valence-corrected chi connectivity index (χ4v) is 3.84. The van der Waals surface area contributed by atoms with E-state index in [2.05, 4.69) is 57.6 Å². The van der Waals surface area contributed by atoms with E-state index in [-0.39, 0.29) is 0 Å². The van der Waals surface area contributed by atoms with Crippen LogP contribution in [0.2, 0.25) is 0 Å². The fourth-order valence-electron chi connectivity index (χ4n) is 3.34. The van der Waals surface area contributed by atoms with E-state index in [4.69, 9.17) is 5.41 Å². The third-order valence-electron chi connectivity index (χ3n) is 5.14. The molecule has 3 N–H and O–H groups in total. The monoisotopic (exact) mass is 405 g/mol. The van der Waals surface area contributed by atoms with E-state index in [1.165, 1.54) is 18.4 Å². The Morgan fingerprint density at radius 2 is 1.97 bits per heavy atom. The maximum atomic E-state index is 8.31. The lowest BCUT2D eigenvalue weighted by atomic mass is 10.0. The summed E-state index contributed by atoms with van der Waals surface area (Å²) < 4.78 is 5.09. The van der Waals surface area contributed by atoms with Crippen molar-refractivity contribution in [2.75, 3.05) is 12.4 Å². The average molecular weight is 406 g/mol. The van der Waals surface area contributed by atoms with Crippen molar-refractivity contribution < 1.29 is 0 Å². The Labute approximate surface area is 176 Å². The lowest BCUT2D eigenvalue weighted by Gasteiger charge is -2.15. The molecule has 150 valence electrons. The van der Waals surface area contributed by atoms with Crippen LogP contribution < -0.4 is 10.0 Å². The van der Waals surface area contributed by atoms with Gasteiger partial charge >= 0.3 is 0 Å². The van der Waals surface area contributed by atoms with Crippen molar-refractivity contribution in [3.05, 3.63) is 65.9 Å². The van der Waals surface area contributed by atoms with Crippen molar-refractivity contribution in [2.24, 2.45) is 0 Å². The summed E-state index contributed by atoms with van der Waals surface area (Å²) in [6.07, 6.45) is 4.99. The van der Waals surface area contributed by atoms with E-state index in [1.54, 1.807) is 11.9 Å². The van der Waals surface area contributed by atoms with Crippen LogP contribution in [0.25, 0.3) is 16.9 Å². The molecule has 1 aromatic heterocycles. The highest BCUT2D eigenvalue weighted by Crippen LogP contribution is 2.32. The first-order chi connectivity index (χ1) is 14.2. The Kier molecular flexibility index (Phi) is 6.02. The molecule has 6 heteroatoms. The summed E-state index contributed by atoms with van der Waals surface area (Å²) in [4.78, 5) is 0. The molecule has 5 nitrogen and oxygen atoms in total. The second-order valence-electron chi connectivity index (χ2n) is 7.30. The van der Waals surface area contributed by atoms with Gasteiger partial charge in [0, 0.05) is 34.3 Å². The van der Waals surface area contributed by atoms with Gasteiger partial charge in [-0.1, -0.05) is 43.1 Å². The fraction of sp³-hybridized carbons (Fsp3) is 0.304. The van der Waals surface area contributed by atoms with E-state index in [0.29, 0.717) is 11.8 Å². The number of hydrogen-bond acceptors (Lipinski definition) is 5. The molecule has 29 heavy (non-hydrogen) atoms. The number of nitrogens with zero attached hydrogens (tertiary/aromatic N) is 2. The summed E-state index contributed by atoms with van der Waals surface area (Å²) in [5.41, 5.74) is 7.21. The number of anilines is 1. The molecule has 0 atom stereocenters. The van der Waals surface area contributed by atoms with Gasteiger partial charge in [-0.15, -0.1) is 0 Å². The Bertz CT molecular complexity index is 989. The molecule has 1 saturated carbocycles. The first-order valence-electron chi connectivity index (χ1n) is 10.1. The van der Waals surface area contributed by atoms with E-state index < -0.39 is 0 Å². The van der Waals surface area contributed by atoms with E-state index >= 15 is 0 Å². The first kappa shape index (κ1) is 19.7. The second-order valence-corrected chi connectivity index (χ2v) is 8.28. The van der Waals surface area contributed by atoms with Crippen LogP contribution in [0.5, 0.6) is 0 Å². The molecule has 0 aliphatic heterocycles. The number of nitrogens with one attached hydrogen (secondary N) is 3. The lowest BCUT2D eigenvalue weighted by Crippen LogP contribution is -2.08. The van der Waals surface area contributed by atoms with Crippen LogP contribution in [-0.2, 0) is 5.75 Å². The topological polar surface area (TPSA) is 65.7 Å². The summed E-state index contributed by atoms with van der Waals surface area (Å²) in [6, 6.07) is 17.5. The van der Waals surface area contributed by atoms with Gasteiger partial charge in [-0.25, -0.2) is 4.68 Å². The molecule has 0 bridgehead atoms. The normalized spacial score (nSPS) is 13.4. The molecule has 1 aliphatic rings. The molecule has 1 heterocycles. The zero-order valence-electron chi connectivity index (χ0n) is 16.9. The van der Waals surface area contributed by atoms with Crippen molar-refractivity contribution in [1.29, 1.82) is 5.41 Å². The Morgan fingerprint density at radius 3 is 2.66 bits per heavy atom. The molecule has 3 aromatic rings. The minimum absolute atomic E-state index is 0.543. The Morgan fingerprint density at radius 1 is 1.17 bits per heavy atom. The third kappa shape index (κ3) is 4.54. The summed E-state index contributed by atoms with van der Waals surface area (Å²) in [5, 5.41) is 16.5. The zero-order valence-corrected chi connectivity index (χ0v) is 17.7. The summed E-state index contributed by atoms with van der Waals surface area (Å²) in [6.45, 7) is 2.03. The third-order valence-corrected chi connectivity index (χ3v) is 5.90. The number of aromatic nitrogens is 2. The molecule has 1 fully saturated rings. The van der Waals surface area contributed by atoms with Crippen molar-refractivity contribution in [2.45, 2.75) is 38.0 Å². The maximum Gasteiger partial charge on any atom is 0.0741 e. The van der Waals surface area contributed by atoms with Crippen molar-refractivity contribution in [1.82, 2.24) is 14.5 Å². The van der Waals surface area contributed by atoms with Gasteiger partial charge in [-0.2, -0.15) is 5.10 Å². The molecule has 4 rings (SSSR count).